The van der Waals surface area contributed by atoms with Gasteiger partial charge in [0.15, 0.2) is 0 Å². The number of hydrogen-bond acceptors (Lipinski definition) is 4. The van der Waals surface area contributed by atoms with E-state index in [2.05, 4.69) is 4.98 Å². The maximum absolute atomic E-state index is 13.1. The molecule has 2 aromatic rings. The monoisotopic (exact) mass is 323 g/mol. The van der Waals surface area contributed by atoms with Gasteiger partial charge in [0.25, 0.3) is 5.91 Å². The van der Waals surface area contributed by atoms with Gasteiger partial charge in [0.2, 0.25) is 0 Å². The Morgan fingerprint density at radius 1 is 1.29 bits per heavy atom. The second-order valence-corrected chi connectivity index (χ2v) is 6.16. The molecule has 1 aromatic carbocycles. The van der Waals surface area contributed by atoms with Gasteiger partial charge >= 0.3 is 0 Å². The van der Waals surface area contributed by atoms with E-state index in [0.29, 0.717) is 18.7 Å². The molecule has 1 heterocycles. The lowest BCUT2D eigenvalue weighted by molar-refractivity contribution is 0.0230. The molecule has 1 amide bonds. The van der Waals surface area contributed by atoms with Crippen LogP contribution in [0, 0.1) is 11.3 Å². The van der Waals surface area contributed by atoms with Crippen molar-refractivity contribution in [2.24, 2.45) is 0 Å². The lowest BCUT2D eigenvalue weighted by atomic mass is 10.0. The molecule has 0 spiro atoms. The highest BCUT2D eigenvalue weighted by Gasteiger charge is 2.32. The maximum atomic E-state index is 13.1. The molecule has 0 radical (unpaired) electrons. The Bertz CT molecular complexity index is 736. The second-order valence-electron chi connectivity index (χ2n) is 6.16. The summed E-state index contributed by atoms with van der Waals surface area (Å²) in [6.45, 7) is 4.79. The quantitative estimate of drug-likeness (QED) is 0.819. The van der Waals surface area contributed by atoms with Crippen molar-refractivity contribution >= 4 is 5.91 Å². The first-order valence-corrected chi connectivity index (χ1v) is 7.69. The van der Waals surface area contributed by atoms with Crippen LogP contribution in [0.3, 0.4) is 0 Å². The lowest BCUT2D eigenvalue weighted by Gasteiger charge is -2.38. The number of benzene rings is 1. The van der Waals surface area contributed by atoms with Crippen LogP contribution in [0.25, 0.3) is 0 Å². The number of methoxy groups -OCH3 is 1. The Kier molecular flexibility index (Phi) is 5.67. The highest BCUT2D eigenvalue weighted by Crippen LogP contribution is 2.22. The first kappa shape index (κ1) is 17.6. The maximum Gasteiger partial charge on any atom is 0.254 e. The number of nitrogens with zero attached hydrogens (tertiary/aromatic N) is 3. The van der Waals surface area contributed by atoms with E-state index in [1.807, 2.05) is 50.2 Å². The zero-order valence-corrected chi connectivity index (χ0v) is 14.2. The van der Waals surface area contributed by atoms with Crippen molar-refractivity contribution in [2.75, 3.05) is 13.7 Å². The Hall–Kier alpha value is -2.71. The number of hydrogen-bond donors (Lipinski definition) is 0. The zero-order valence-electron chi connectivity index (χ0n) is 14.2. The van der Waals surface area contributed by atoms with Crippen LogP contribution in [0.2, 0.25) is 0 Å². The number of aromatic nitrogens is 1. The largest absolute Gasteiger partial charge is 0.382 e. The van der Waals surface area contributed by atoms with Gasteiger partial charge in [-0.05, 0) is 31.5 Å². The lowest BCUT2D eigenvalue weighted by Crippen LogP contribution is -2.50. The molecule has 0 unspecified atom stereocenters. The van der Waals surface area contributed by atoms with Gasteiger partial charge in [-0.15, -0.1) is 0 Å². The van der Waals surface area contributed by atoms with Gasteiger partial charge in [-0.3, -0.25) is 4.79 Å². The Morgan fingerprint density at radius 3 is 2.62 bits per heavy atom. The third-order valence-electron chi connectivity index (χ3n) is 3.78. The summed E-state index contributed by atoms with van der Waals surface area (Å²) in [5, 5.41) is 9.00. The van der Waals surface area contributed by atoms with Crippen molar-refractivity contribution < 1.29 is 9.53 Å². The van der Waals surface area contributed by atoms with Gasteiger partial charge in [-0.2, -0.15) is 5.26 Å². The third kappa shape index (κ3) is 4.18. The molecular formula is C19H21N3O2. The van der Waals surface area contributed by atoms with E-state index in [0.717, 1.165) is 5.56 Å². The van der Waals surface area contributed by atoms with Crippen LogP contribution in [-0.2, 0) is 11.3 Å². The number of carbonyl (C=O) groups is 1. The van der Waals surface area contributed by atoms with E-state index in [-0.39, 0.29) is 11.6 Å². The van der Waals surface area contributed by atoms with Crippen LogP contribution < -0.4 is 0 Å². The summed E-state index contributed by atoms with van der Waals surface area (Å²) in [5.41, 5.74) is 1.20. The molecule has 124 valence electrons. The smallest absolute Gasteiger partial charge is 0.254 e. The SMILES string of the molecule is COCC(C)(C)N(Cc1ccccc1)C(=O)c1ccnc(C#N)c1. The van der Waals surface area contributed by atoms with Crippen molar-refractivity contribution in [1.82, 2.24) is 9.88 Å². The number of pyridine rings is 1. The normalized spacial score (nSPS) is 10.9. The van der Waals surface area contributed by atoms with Crippen LogP contribution in [-0.4, -0.2) is 35.0 Å². The van der Waals surface area contributed by atoms with Gasteiger partial charge in [-0.25, -0.2) is 4.98 Å². The molecule has 0 aliphatic carbocycles. The van der Waals surface area contributed by atoms with E-state index in [1.165, 1.54) is 12.3 Å². The van der Waals surface area contributed by atoms with Gasteiger partial charge in [0.05, 0.1) is 12.1 Å². The average molecular weight is 323 g/mol. The van der Waals surface area contributed by atoms with Crippen molar-refractivity contribution in [3.05, 3.63) is 65.5 Å². The van der Waals surface area contributed by atoms with Gasteiger partial charge in [-0.1, -0.05) is 30.3 Å². The van der Waals surface area contributed by atoms with Crippen molar-refractivity contribution in [2.45, 2.75) is 25.9 Å². The summed E-state index contributed by atoms with van der Waals surface area (Å²) in [4.78, 5) is 18.8. The molecule has 24 heavy (non-hydrogen) atoms. The molecule has 0 saturated carbocycles. The second kappa shape index (κ2) is 7.71. The van der Waals surface area contributed by atoms with Gasteiger partial charge < -0.3 is 9.64 Å². The third-order valence-corrected chi connectivity index (χ3v) is 3.78. The van der Waals surface area contributed by atoms with E-state index in [9.17, 15) is 4.79 Å². The Labute approximate surface area is 142 Å². The molecule has 5 nitrogen and oxygen atoms in total. The van der Waals surface area contributed by atoms with E-state index in [4.69, 9.17) is 10.00 Å². The molecule has 1 aromatic heterocycles. The Balaban J connectivity index is 2.37. The van der Waals surface area contributed by atoms with Crippen LogP contribution in [0.5, 0.6) is 0 Å². The van der Waals surface area contributed by atoms with Crippen LogP contribution in [0.15, 0.2) is 48.7 Å². The highest BCUT2D eigenvalue weighted by molar-refractivity contribution is 5.94. The van der Waals surface area contributed by atoms with Crippen LogP contribution in [0.4, 0.5) is 0 Å². The fraction of sp³-hybridized carbons (Fsp3) is 0.316. The number of ether oxygens (including phenoxy) is 1. The number of carbonyl (C=O) groups excluding carboxylic acids is 1. The topological polar surface area (TPSA) is 66.2 Å². The molecule has 0 fully saturated rings. The minimum Gasteiger partial charge on any atom is -0.382 e. The summed E-state index contributed by atoms with van der Waals surface area (Å²) >= 11 is 0. The molecule has 0 saturated heterocycles. The molecule has 0 N–H and O–H groups in total. The summed E-state index contributed by atoms with van der Waals surface area (Å²) in [6.07, 6.45) is 1.48. The van der Waals surface area contributed by atoms with Crippen LogP contribution in [0.1, 0.15) is 35.5 Å². The first-order chi connectivity index (χ1) is 11.5. The highest BCUT2D eigenvalue weighted by atomic mass is 16.5. The summed E-state index contributed by atoms with van der Waals surface area (Å²) < 4.78 is 5.30. The predicted molar refractivity (Wildman–Crippen MR) is 91.2 cm³/mol. The van der Waals surface area contributed by atoms with E-state index in [1.54, 1.807) is 18.1 Å². The minimum atomic E-state index is -0.502. The molecule has 0 aliphatic heterocycles. The van der Waals surface area contributed by atoms with Crippen molar-refractivity contribution in [1.29, 1.82) is 5.26 Å². The minimum absolute atomic E-state index is 0.153. The first-order valence-electron chi connectivity index (χ1n) is 7.69. The fourth-order valence-corrected chi connectivity index (χ4v) is 2.54. The summed E-state index contributed by atoms with van der Waals surface area (Å²) in [6, 6.07) is 14.9. The van der Waals surface area contributed by atoms with Crippen molar-refractivity contribution in [3.8, 4) is 6.07 Å². The standard InChI is InChI=1S/C19H21N3O2/c1-19(2,14-24-3)22(13-15-7-5-4-6-8-15)18(23)16-9-10-21-17(11-16)12-20/h4-11H,13-14H2,1-3H3. The molecule has 2 rings (SSSR count). The Morgan fingerprint density at radius 2 is 2.00 bits per heavy atom. The summed E-state index contributed by atoms with van der Waals surface area (Å²) in [5.74, 6) is -0.153. The fourth-order valence-electron chi connectivity index (χ4n) is 2.54. The zero-order chi connectivity index (χ0) is 17.6. The molecule has 5 heteroatoms. The number of nitriles is 1. The predicted octanol–water partition coefficient (Wildman–Crippen LogP) is 3.02. The van der Waals surface area contributed by atoms with E-state index >= 15 is 0 Å². The van der Waals surface area contributed by atoms with Crippen LogP contribution >= 0.6 is 0 Å². The molecular weight excluding hydrogens is 302 g/mol. The van der Waals surface area contributed by atoms with Crippen molar-refractivity contribution in [3.63, 3.8) is 0 Å². The number of amides is 1. The summed E-state index contributed by atoms with van der Waals surface area (Å²) in [7, 11) is 1.62. The average Bonchev–Trinajstić information content (AvgIpc) is 2.60. The van der Waals surface area contributed by atoms with Gasteiger partial charge in [0.1, 0.15) is 11.8 Å². The number of rotatable bonds is 6. The van der Waals surface area contributed by atoms with E-state index < -0.39 is 5.54 Å². The molecule has 0 bridgehead atoms. The molecule has 0 atom stereocenters. The molecule has 0 aliphatic rings. The van der Waals surface area contributed by atoms with Gasteiger partial charge in [0, 0.05) is 25.4 Å².